The van der Waals surface area contributed by atoms with Crippen molar-refractivity contribution in [2.45, 2.75) is 57.6 Å². The number of methoxy groups -OCH3 is 1. The zero-order valence-electron chi connectivity index (χ0n) is 20.7. The van der Waals surface area contributed by atoms with Crippen LogP contribution in [0.3, 0.4) is 0 Å². The number of hydrogen-bond acceptors (Lipinski definition) is 1. The van der Waals surface area contributed by atoms with Gasteiger partial charge in [-0.25, -0.2) is 0 Å². The van der Waals surface area contributed by atoms with Crippen LogP contribution in [0.4, 0.5) is 39.5 Å². The molecule has 0 aliphatic rings. The average molecular weight is 548 g/mol. The van der Waals surface area contributed by atoms with Gasteiger partial charge in [-0.15, -0.1) is 0 Å². The molecule has 0 N–H and O–H groups in total. The summed E-state index contributed by atoms with van der Waals surface area (Å²) >= 11 is 0. The van der Waals surface area contributed by atoms with Gasteiger partial charge in [0, 0.05) is 5.56 Å². The third-order valence-electron chi connectivity index (χ3n) is 6.17. The maximum Gasteiger partial charge on any atom is 0.416 e. The van der Waals surface area contributed by atoms with Crippen LogP contribution in [0.1, 0.15) is 59.6 Å². The summed E-state index contributed by atoms with van der Waals surface area (Å²) in [5.74, 6) is 0.532. The third kappa shape index (κ3) is 7.02. The van der Waals surface area contributed by atoms with Gasteiger partial charge in [0.25, 0.3) is 0 Å². The maximum atomic E-state index is 13.5. The number of rotatable bonds is 7. The summed E-state index contributed by atoms with van der Waals surface area (Å²) in [6.45, 7) is 3.90. The lowest BCUT2D eigenvalue weighted by molar-refractivity contribution is -0.143. The molecular weight excluding hydrogens is 523 g/mol. The number of benzene rings is 3. The molecule has 0 fully saturated rings. The maximum absolute atomic E-state index is 13.5. The van der Waals surface area contributed by atoms with Gasteiger partial charge in [0.05, 0.1) is 23.8 Å². The normalized spacial score (nSPS) is 12.8. The first kappa shape index (κ1) is 29.4. The highest BCUT2D eigenvalue weighted by Crippen LogP contribution is 2.40. The minimum atomic E-state index is -4.98. The molecule has 3 aromatic rings. The predicted molar refractivity (Wildman–Crippen MR) is 126 cm³/mol. The topological polar surface area (TPSA) is 9.23 Å². The summed E-state index contributed by atoms with van der Waals surface area (Å²) in [5.41, 5.74) is -1.83. The number of hydrogen-bond donors (Lipinski definition) is 0. The Morgan fingerprint density at radius 1 is 0.632 bits per heavy atom. The Kier molecular flexibility index (Phi) is 8.43. The number of halogens is 9. The Morgan fingerprint density at radius 2 is 1.21 bits per heavy atom. The molecule has 0 aliphatic heterocycles. The molecule has 0 aromatic heterocycles. The van der Waals surface area contributed by atoms with Gasteiger partial charge in [-0.1, -0.05) is 26.0 Å². The van der Waals surface area contributed by atoms with Crippen molar-refractivity contribution in [2.24, 2.45) is 0 Å². The van der Waals surface area contributed by atoms with Crippen molar-refractivity contribution in [1.29, 1.82) is 0 Å². The number of ether oxygens (including phenoxy) is 1. The summed E-state index contributed by atoms with van der Waals surface area (Å²) in [6.07, 6.45) is -14.8. The highest BCUT2D eigenvalue weighted by Gasteiger charge is 2.37. The largest absolute Gasteiger partial charge is 0.496 e. The van der Waals surface area contributed by atoms with E-state index in [1.165, 1.54) is 13.2 Å². The van der Waals surface area contributed by atoms with E-state index in [1.807, 2.05) is 19.9 Å². The van der Waals surface area contributed by atoms with Crippen LogP contribution >= 0.6 is 0 Å². The second kappa shape index (κ2) is 10.9. The molecule has 0 bridgehead atoms. The second-order valence-corrected chi connectivity index (χ2v) is 9.25. The van der Waals surface area contributed by atoms with E-state index in [0.29, 0.717) is 29.0 Å². The van der Waals surface area contributed by atoms with Crippen LogP contribution in [0.15, 0.2) is 54.6 Å². The highest BCUT2D eigenvalue weighted by molar-refractivity contribution is 5.75. The van der Waals surface area contributed by atoms with Gasteiger partial charge < -0.3 is 4.74 Å². The van der Waals surface area contributed by atoms with E-state index in [2.05, 4.69) is 0 Å². The van der Waals surface area contributed by atoms with Gasteiger partial charge in [0.2, 0.25) is 0 Å². The Morgan fingerprint density at radius 3 is 1.71 bits per heavy atom. The summed E-state index contributed by atoms with van der Waals surface area (Å²) in [7, 11) is 1.42. The molecule has 0 aliphatic carbocycles. The van der Waals surface area contributed by atoms with Crippen LogP contribution < -0.4 is 4.74 Å². The van der Waals surface area contributed by atoms with E-state index < -0.39 is 35.2 Å². The molecule has 0 atom stereocenters. The van der Waals surface area contributed by atoms with Crippen LogP contribution in [0.5, 0.6) is 5.75 Å². The lowest BCUT2D eigenvalue weighted by Gasteiger charge is -2.18. The lowest BCUT2D eigenvalue weighted by atomic mass is 9.90. The standard InChI is InChI=1S/C28H25F9O/c1-16(2)18-7-10-25(38-3)24(14-18)23-9-8-20(26(29,30)31)13-19(23)6-4-5-17-11-21(27(32,33)34)15-22(12-17)28(35,36)37/h7-16H,4-6H2,1-3H3. The van der Waals surface area contributed by atoms with Crippen LogP contribution in [0.25, 0.3) is 11.1 Å². The van der Waals surface area contributed by atoms with E-state index in [1.54, 1.807) is 12.1 Å². The van der Waals surface area contributed by atoms with Crippen molar-refractivity contribution in [3.8, 4) is 16.9 Å². The molecule has 3 aromatic carbocycles. The first-order valence-corrected chi connectivity index (χ1v) is 11.7. The Balaban J connectivity index is 2.01. The minimum Gasteiger partial charge on any atom is -0.496 e. The van der Waals surface area contributed by atoms with E-state index in [9.17, 15) is 39.5 Å². The molecular formula is C28H25F9O. The Bertz CT molecular complexity index is 1240. The van der Waals surface area contributed by atoms with Gasteiger partial charge in [0.15, 0.2) is 0 Å². The van der Waals surface area contributed by atoms with Gasteiger partial charge in [-0.05, 0) is 89.9 Å². The van der Waals surface area contributed by atoms with E-state index >= 15 is 0 Å². The summed E-state index contributed by atoms with van der Waals surface area (Å²) in [4.78, 5) is 0. The van der Waals surface area contributed by atoms with Crippen molar-refractivity contribution in [2.75, 3.05) is 7.11 Å². The molecule has 1 nitrogen and oxygen atoms in total. The molecule has 10 heteroatoms. The van der Waals surface area contributed by atoms with Crippen LogP contribution in [-0.2, 0) is 31.4 Å². The zero-order valence-corrected chi connectivity index (χ0v) is 20.7. The lowest BCUT2D eigenvalue weighted by Crippen LogP contribution is -2.12. The molecule has 0 radical (unpaired) electrons. The zero-order chi connectivity index (χ0) is 28.5. The molecule has 0 saturated carbocycles. The van der Waals surface area contributed by atoms with Gasteiger partial charge in [0.1, 0.15) is 5.75 Å². The quantitative estimate of drug-likeness (QED) is 0.267. The van der Waals surface area contributed by atoms with Crippen molar-refractivity contribution in [3.05, 3.63) is 88.0 Å². The molecule has 0 unspecified atom stereocenters. The van der Waals surface area contributed by atoms with Crippen LogP contribution in [0.2, 0.25) is 0 Å². The Labute approximate surface area is 214 Å². The first-order valence-electron chi connectivity index (χ1n) is 11.7. The molecule has 0 amide bonds. The fraction of sp³-hybridized carbons (Fsp3) is 0.357. The van der Waals surface area contributed by atoms with E-state index in [-0.39, 0.29) is 42.4 Å². The molecule has 0 heterocycles. The highest BCUT2D eigenvalue weighted by atomic mass is 19.4. The molecule has 3 rings (SSSR count). The minimum absolute atomic E-state index is 0.0130. The first-order chi connectivity index (χ1) is 17.5. The molecule has 0 spiro atoms. The monoisotopic (exact) mass is 548 g/mol. The fourth-order valence-corrected chi connectivity index (χ4v) is 4.18. The number of alkyl halides is 9. The summed E-state index contributed by atoms with van der Waals surface area (Å²) < 4.78 is 125. The number of aryl methyl sites for hydroxylation is 2. The molecule has 38 heavy (non-hydrogen) atoms. The average Bonchev–Trinajstić information content (AvgIpc) is 2.81. The molecule has 206 valence electrons. The van der Waals surface area contributed by atoms with Crippen LogP contribution in [0, 0.1) is 0 Å². The smallest absolute Gasteiger partial charge is 0.416 e. The van der Waals surface area contributed by atoms with Crippen molar-refractivity contribution in [3.63, 3.8) is 0 Å². The predicted octanol–water partition coefficient (Wildman–Crippen LogP) is 9.72. The summed E-state index contributed by atoms with van der Waals surface area (Å²) in [6, 6.07) is 9.87. The van der Waals surface area contributed by atoms with Crippen LogP contribution in [-0.4, -0.2) is 7.11 Å². The second-order valence-electron chi connectivity index (χ2n) is 9.25. The Hall–Kier alpha value is -3.17. The fourth-order valence-electron chi connectivity index (χ4n) is 4.18. The third-order valence-corrected chi connectivity index (χ3v) is 6.17. The van der Waals surface area contributed by atoms with Gasteiger partial charge >= 0.3 is 18.5 Å². The van der Waals surface area contributed by atoms with E-state index in [4.69, 9.17) is 4.74 Å². The van der Waals surface area contributed by atoms with Crippen molar-refractivity contribution in [1.82, 2.24) is 0 Å². The van der Waals surface area contributed by atoms with Gasteiger partial charge in [-0.2, -0.15) is 39.5 Å². The van der Waals surface area contributed by atoms with E-state index in [0.717, 1.165) is 17.7 Å². The molecule has 0 saturated heterocycles. The SMILES string of the molecule is COc1ccc(C(C)C)cc1-c1ccc(C(F)(F)F)cc1CCCc1cc(C(F)(F)F)cc(C(F)(F)F)c1. The van der Waals surface area contributed by atoms with Crippen molar-refractivity contribution < 1.29 is 44.3 Å². The van der Waals surface area contributed by atoms with Gasteiger partial charge in [-0.3, -0.25) is 0 Å². The summed E-state index contributed by atoms with van der Waals surface area (Å²) in [5, 5.41) is 0. The van der Waals surface area contributed by atoms with Crippen molar-refractivity contribution >= 4 is 0 Å².